The van der Waals surface area contributed by atoms with Crippen LogP contribution in [0.15, 0.2) is 54.6 Å². The molecular weight excluding hydrogens is 430 g/mol. The fraction of sp³-hybridized carbons (Fsp3) is 0.308. The van der Waals surface area contributed by atoms with Crippen molar-refractivity contribution in [3.63, 3.8) is 0 Å². The first-order chi connectivity index (χ1) is 16.4. The van der Waals surface area contributed by atoms with Gasteiger partial charge in [0.2, 0.25) is 11.8 Å². The average Bonchev–Trinajstić information content (AvgIpc) is 2.84. The van der Waals surface area contributed by atoms with Crippen LogP contribution in [0.3, 0.4) is 0 Å². The number of benzene rings is 3. The van der Waals surface area contributed by atoms with Gasteiger partial charge in [0, 0.05) is 25.2 Å². The van der Waals surface area contributed by atoms with Gasteiger partial charge in [-0.05, 0) is 41.0 Å². The van der Waals surface area contributed by atoms with Gasteiger partial charge >= 0.3 is 0 Å². The van der Waals surface area contributed by atoms with E-state index in [2.05, 4.69) is 40.5 Å². The maximum atomic E-state index is 13.0. The van der Waals surface area contributed by atoms with Gasteiger partial charge in [-0.15, -0.1) is 0 Å². The maximum Gasteiger partial charge on any atom is 0.248 e. The molecule has 2 amide bonds. The third-order valence-electron chi connectivity index (χ3n) is 6.31. The molecule has 0 saturated carbocycles. The zero-order valence-electron chi connectivity index (χ0n) is 19.6. The Morgan fingerprint density at radius 2 is 1.88 bits per heavy atom. The molecular formula is C26H31N5O3. The molecule has 4 rings (SSSR count). The second kappa shape index (κ2) is 10.0. The van der Waals surface area contributed by atoms with E-state index in [9.17, 15) is 9.59 Å². The van der Waals surface area contributed by atoms with Crippen molar-refractivity contribution in [3.05, 3.63) is 65.7 Å². The molecule has 5 N–H and O–H groups in total. The summed E-state index contributed by atoms with van der Waals surface area (Å²) in [5.41, 5.74) is 14.0. The fourth-order valence-corrected chi connectivity index (χ4v) is 4.43. The summed E-state index contributed by atoms with van der Waals surface area (Å²) in [6.07, 6.45) is 0.625. The van der Waals surface area contributed by atoms with Gasteiger partial charge in [0.1, 0.15) is 11.4 Å². The Kier molecular flexibility index (Phi) is 6.88. The Bertz CT molecular complexity index is 1210. The summed E-state index contributed by atoms with van der Waals surface area (Å²) >= 11 is 0. The van der Waals surface area contributed by atoms with Crippen LogP contribution in [-0.2, 0) is 11.3 Å². The van der Waals surface area contributed by atoms with Crippen LogP contribution in [0.25, 0.3) is 10.8 Å². The molecule has 0 aromatic heterocycles. The normalized spacial score (nSPS) is 15.4. The first-order valence-electron chi connectivity index (χ1n) is 11.4. The molecule has 178 valence electrons. The van der Waals surface area contributed by atoms with Crippen LogP contribution in [0.5, 0.6) is 5.75 Å². The van der Waals surface area contributed by atoms with E-state index in [1.165, 1.54) is 23.9 Å². The zero-order chi connectivity index (χ0) is 24.2. The lowest BCUT2D eigenvalue weighted by Gasteiger charge is -2.39. The quantitative estimate of drug-likeness (QED) is 0.445. The van der Waals surface area contributed by atoms with Crippen LogP contribution in [-0.4, -0.2) is 54.5 Å². The third-order valence-corrected chi connectivity index (χ3v) is 6.31. The number of carbonyl (C=O) groups is 2. The van der Waals surface area contributed by atoms with E-state index < -0.39 is 5.91 Å². The molecule has 1 aliphatic rings. The van der Waals surface area contributed by atoms with Crippen LogP contribution in [0.4, 0.5) is 11.4 Å². The molecule has 34 heavy (non-hydrogen) atoms. The van der Waals surface area contributed by atoms with Crippen molar-refractivity contribution in [2.24, 2.45) is 5.73 Å². The zero-order valence-corrected chi connectivity index (χ0v) is 19.6. The molecule has 0 aliphatic carbocycles. The molecule has 3 aromatic carbocycles. The molecule has 0 radical (unpaired) electrons. The molecule has 8 nitrogen and oxygen atoms in total. The number of methoxy groups -OCH3 is 1. The summed E-state index contributed by atoms with van der Waals surface area (Å²) in [6, 6.07) is 17.7. The number of hydrogen-bond donors (Lipinski definition) is 3. The topological polar surface area (TPSA) is 114 Å². The Morgan fingerprint density at radius 3 is 2.56 bits per heavy atom. The van der Waals surface area contributed by atoms with Crippen LogP contribution < -0.4 is 21.5 Å². The largest absolute Gasteiger partial charge is 0.494 e. The monoisotopic (exact) mass is 461 g/mol. The van der Waals surface area contributed by atoms with Gasteiger partial charge in [0.25, 0.3) is 0 Å². The highest BCUT2D eigenvalue weighted by Crippen LogP contribution is 2.33. The van der Waals surface area contributed by atoms with Gasteiger partial charge in [0.15, 0.2) is 0 Å². The van der Waals surface area contributed by atoms with E-state index in [1.807, 2.05) is 24.0 Å². The SMILES string of the molecule is CCC(Nc1c(N)cc(C(N)=O)cc1OC)N1CCN(Cc2ccc3ccccc3c2)C(=O)C1. The first-order valence-corrected chi connectivity index (χ1v) is 11.4. The number of nitrogen functional groups attached to an aromatic ring is 1. The van der Waals surface area contributed by atoms with Crippen molar-refractivity contribution >= 4 is 34.0 Å². The maximum absolute atomic E-state index is 13.0. The van der Waals surface area contributed by atoms with Gasteiger partial charge in [-0.3, -0.25) is 14.5 Å². The minimum atomic E-state index is -0.572. The molecule has 0 bridgehead atoms. The number of rotatable bonds is 8. The van der Waals surface area contributed by atoms with E-state index in [4.69, 9.17) is 16.2 Å². The number of amides is 2. The molecule has 1 fully saturated rings. The number of ether oxygens (including phenoxy) is 1. The van der Waals surface area contributed by atoms with E-state index in [-0.39, 0.29) is 17.6 Å². The van der Waals surface area contributed by atoms with Crippen LogP contribution in [0.2, 0.25) is 0 Å². The molecule has 1 unspecified atom stereocenters. The van der Waals surface area contributed by atoms with Gasteiger partial charge < -0.3 is 26.4 Å². The third kappa shape index (κ3) is 4.92. The Morgan fingerprint density at radius 1 is 1.12 bits per heavy atom. The van der Waals surface area contributed by atoms with Crippen molar-refractivity contribution in [2.75, 3.05) is 37.8 Å². The summed E-state index contributed by atoms with van der Waals surface area (Å²) < 4.78 is 5.44. The number of fused-ring (bicyclic) bond motifs is 1. The molecule has 3 aromatic rings. The summed E-state index contributed by atoms with van der Waals surface area (Å²) in [5, 5.41) is 5.78. The van der Waals surface area contributed by atoms with Crippen LogP contribution >= 0.6 is 0 Å². The highest BCUT2D eigenvalue weighted by molar-refractivity contribution is 5.96. The highest BCUT2D eigenvalue weighted by atomic mass is 16.5. The van der Waals surface area contributed by atoms with Gasteiger partial charge in [-0.1, -0.05) is 43.3 Å². The van der Waals surface area contributed by atoms with E-state index in [0.29, 0.717) is 36.8 Å². The second-order valence-corrected chi connectivity index (χ2v) is 8.54. The van der Waals surface area contributed by atoms with Crippen molar-refractivity contribution in [3.8, 4) is 5.75 Å². The Balaban J connectivity index is 1.44. The van der Waals surface area contributed by atoms with Gasteiger partial charge in [0.05, 0.1) is 25.5 Å². The molecule has 1 heterocycles. The summed E-state index contributed by atoms with van der Waals surface area (Å²) in [5.74, 6) is -0.0473. The molecule has 0 spiro atoms. The summed E-state index contributed by atoms with van der Waals surface area (Å²) in [6.45, 7) is 4.31. The van der Waals surface area contributed by atoms with E-state index in [1.54, 1.807) is 6.07 Å². The predicted molar refractivity (Wildman–Crippen MR) is 135 cm³/mol. The first kappa shape index (κ1) is 23.4. The number of nitrogens with one attached hydrogen (secondary N) is 1. The Hall–Kier alpha value is -3.78. The predicted octanol–water partition coefficient (Wildman–Crippen LogP) is 3.02. The van der Waals surface area contributed by atoms with Gasteiger partial charge in [-0.25, -0.2) is 0 Å². The lowest BCUT2D eigenvalue weighted by Crippen LogP contribution is -2.55. The molecule has 1 aliphatic heterocycles. The fourth-order valence-electron chi connectivity index (χ4n) is 4.43. The van der Waals surface area contributed by atoms with Crippen molar-refractivity contribution < 1.29 is 14.3 Å². The lowest BCUT2D eigenvalue weighted by molar-refractivity contribution is -0.137. The highest BCUT2D eigenvalue weighted by Gasteiger charge is 2.29. The number of anilines is 2. The number of nitrogens with zero attached hydrogens (tertiary/aromatic N) is 2. The van der Waals surface area contributed by atoms with Crippen molar-refractivity contribution in [2.45, 2.75) is 26.1 Å². The summed E-state index contributed by atoms with van der Waals surface area (Å²) in [7, 11) is 1.51. The molecule has 1 atom stereocenters. The number of primary amides is 1. The number of nitrogens with two attached hydrogens (primary N) is 2. The van der Waals surface area contributed by atoms with E-state index in [0.717, 1.165) is 18.5 Å². The Labute approximate surface area is 199 Å². The molecule has 8 heteroatoms. The number of hydrogen-bond acceptors (Lipinski definition) is 6. The minimum Gasteiger partial charge on any atom is -0.494 e. The van der Waals surface area contributed by atoms with Crippen LogP contribution in [0.1, 0.15) is 29.3 Å². The van der Waals surface area contributed by atoms with Crippen LogP contribution in [0, 0.1) is 0 Å². The van der Waals surface area contributed by atoms with Gasteiger partial charge in [-0.2, -0.15) is 0 Å². The lowest BCUT2D eigenvalue weighted by atomic mass is 10.1. The number of piperazine rings is 1. The van der Waals surface area contributed by atoms with E-state index >= 15 is 0 Å². The van der Waals surface area contributed by atoms with Crippen molar-refractivity contribution in [1.82, 2.24) is 9.80 Å². The molecule has 1 saturated heterocycles. The minimum absolute atomic E-state index is 0.0867. The number of carbonyl (C=O) groups excluding carboxylic acids is 2. The second-order valence-electron chi connectivity index (χ2n) is 8.54. The average molecular weight is 462 g/mol. The summed E-state index contributed by atoms with van der Waals surface area (Å²) in [4.78, 5) is 28.6. The van der Waals surface area contributed by atoms with Crippen molar-refractivity contribution in [1.29, 1.82) is 0 Å². The standard InChI is InChI=1S/C26H31N5O3/c1-3-23(29-25-21(27)13-20(26(28)33)14-22(25)34-2)30-10-11-31(24(32)16-30)15-17-8-9-18-6-4-5-7-19(18)12-17/h4-9,12-14,23,29H,3,10-11,15-16,27H2,1-2H3,(H2,28,33). The smallest absolute Gasteiger partial charge is 0.248 e.